The molecule has 0 atom stereocenters. The van der Waals surface area contributed by atoms with Gasteiger partial charge in [0.2, 0.25) is 0 Å². The molecule has 0 fully saturated rings. The number of nitro groups is 1. The highest BCUT2D eigenvalue weighted by Crippen LogP contribution is 2.31. The topological polar surface area (TPSA) is 92.5 Å². The van der Waals surface area contributed by atoms with Crippen molar-refractivity contribution in [3.63, 3.8) is 0 Å². The minimum Gasteiger partial charge on any atom is -0.506 e. The molecule has 0 saturated carbocycles. The molecule has 0 radical (unpaired) electrons. The van der Waals surface area contributed by atoms with Gasteiger partial charge in [-0.15, -0.1) is 11.3 Å². The summed E-state index contributed by atoms with van der Waals surface area (Å²) in [7, 11) is 0. The molecule has 2 rings (SSSR count). The lowest BCUT2D eigenvalue weighted by atomic mass is 10.2. The van der Waals surface area contributed by atoms with Crippen molar-refractivity contribution in [1.29, 1.82) is 0 Å². The van der Waals surface area contributed by atoms with E-state index in [0.717, 1.165) is 35.1 Å². The standard InChI is InChI=1S/C12H9ClN2O4S/c1-6-5-20-11(10(6)13)12(17)14-8-4-7(15(18)19)2-3-9(8)16/h2-5,16H,1H3,(H,14,17). The lowest BCUT2D eigenvalue weighted by Gasteiger charge is -2.06. The van der Waals surface area contributed by atoms with Crippen molar-refractivity contribution in [1.82, 2.24) is 0 Å². The Balaban J connectivity index is 2.30. The number of non-ortho nitro benzene ring substituents is 1. The van der Waals surface area contributed by atoms with Crippen molar-refractivity contribution < 1.29 is 14.8 Å². The number of amides is 1. The Bertz CT molecular complexity index is 699. The molecule has 8 heteroatoms. The van der Waals surface area contributed by atoms with Gasteiger partial charge in [0.15, 0.2) is 0 Å². The zero-order chi connectivity index (χ0) is 14.9. The number of aromatic hydroxyl groups is 1. The number of carbonyl (C=O) groups excluding carboxylic acids is 1. The highest BCUT2D eigenvalue weighted by Gasteiger charge is 2.17. The van der Waals surface area contributed by atoms with Crippen LogP contribution in [0.2, 0.25) is 5.02 Å². The van der Waals surface area contributed by atoms with Gasteiger partial charge in [0.25, 0.3) is 11.6 Å². The first kappa shape index (κ1) is 14.3. The SMILES string of the molecule is Cc1csc(C(=O)Nc2cc([N+](=O)[O-])ccc2O)c1Cl. The lowest BCUT2D eigenvalue weighted by molar-refractivity contribution is -0.384. The zero-order valence-corrected chi connectivity index (χ0v) is 11.8. The highest BCUT2D eigenvalue weighted by molar-refractivity contribution is 7.13. The number of anilines is 1. The van der Waals surface area contributed by atoms with Gasteiger partial charge in [-0.2, -0.15) is 0 Å². The van der Waals surface area contributed by atoms with E-state index in [-0.39, 0.29) is 22.0 Å². The molecule has 1 amide bonds. The summed E-state index contributed by atoms with van der Waals surface area (Å²) in [5.41, 5.74) is 0.503. The second-order valence-corrected chi connectivity index (χ2v) is 5.23. The number of carbonyl (C=O) groups is 1. The fraction of sp³-hybridized carbons (Fsp3) is 0.0833. The van der Waals surface area contributed by atoms with Crippen LogP contribution in [-0.4, -0.2) is 15.9 Å². The van der Waals surface area contributed by atoms with E-state index < -0.39 is 10.8 Å². The quantitative estimate of drug-likeness (QED) is 0.514. The van der Waals surface area contributed by atoms with E-state index in [1.54, 1.807) is 12.3 Å². The van der Waals surface area contributed by atoms with Crippen molar-refractivity contribution in [2.24, 2.45) is 0 Å². The average molecular weight is 313 g/mol. The fourth-order valence-electron chi connectivity index (χ4n) is 1.50. The van der Waals surface area contributed by atoms with Crippen molar-refractivity contribution in [3.8, 4) is 5.75 Å². The summed E-state index contributed by atoms with van der Waals surface area (Å²) in [5, 5.41) is 24.8. The average Bonchev–Trinajstić information content (AvgIpc) is 2.72. The minimum absolute atomic E-state index is 0.0358. The predicted octanol–water partition coefficient (Wildman–Crippen LogP) is 3.58. The summed E-state index contributed by atoms with van der Waals surface area (Å²) in [6.45, 7) is 1.76. The van der Waals surface area contributed by atoms with Gasteiger partial charge in [-0.25, -0.2) is 0 Å². The molecule has 2 aromatic rings. The van der Waals surface area contributed by atoms with Crippen LogP contribution < -0.4 is 5.32 Å². The Labute approximate surface area is 122 Å². The molecule has 2 N–H and O–H groups in total. The van der Waals surface area contributed by atoms with Crippen LogP contribution >= 0.6 is 22.9 Å². The fourth-order valence-corrected chi connectivity index (χ4v) is 2.67. The minimum atomic E-state index is -0.614. The Morgan fingerprint density at radius 2 is 2.20 bits per heavy atom. The zero-order valence-electron chi connectivity index (χ0n) is 10.2. The van der Waals surface area contributed by atoms with Crippen molar-refractivity contribution in [2.75, 3.05) is 5.32 Å². The largest absolute Gasteiger partial charge is 0.506 e. The van der Waals surface area contributed by atoms with E-state index >= 15 is 0 Å². The molecule has 0 bridgehead atoms. The number of hydrogen-bond acceptors (Lipinski definition) is 5. The number of thiophene rings is 1. The van der Waals surface area contributed by atoms with Crippen LogP contribution in [0.15, 0.2) is 23.6 Å². The maximum absolute atomic E-state index is 12.0. The maximum atomic E-state index is 12.0. The Kier molecular flexibility index (Phi) is 3.91. The normalized spacial score (nSPS) is 10.3. The van der Waals surface area contributed by atoms with Gasteiger partial charge in [0.1, 0.15) is 10.6 Å². The monoisotopic (exact) mass is 312 g/mol. The van der Waals surface area contributed by atoms with E-state index in [1.807, 2.05) is 0 Å². The molecule has 20 heavy (non-hydrogen) atoms. The van der Waals surface area contributed by atoms with Crippen LogP contribution in [-0.2, 0) is 0 Å². The van der Waals surface area contributed by atoms with Crippen LogP contribution in [0.25, 0.3) is 0 Å². The molecule has 1 heterocycles. The lowest BCUT2D eigenvalue weighted by Crippen LogP contribution is -2.11. The van der Waals surface area contributed by atoms with Crippen LogP contribution in [0.4, 0.5) is 11.4 Å². The van der Waals surface area contributed by atoms with Gasteiger partial charge in [-0.1, -0.05) is 11.6 Å². The number of phenols is 1. The summed E-state index contributed by atoms with van der Waals surface area (Å²) in [5.74, 6) is -0.780. The van der Waals surface area contributed by atoms with Gasteiger partial charge in [0.05, 0.1) is 15.6 Å². The van der Waals surface area contributed by atoms with Crippen molar-refractivity contribution in [2.45, 2.75) is 6.92 Å². The molecule has 0 aliphatic carbocycles. The highest BCUT2D eigenvalue weighted by atomic mass is 35.5. The van der Waals surface area contributed by atoms with Crippen LogP contribution in [0, 0.1) is 17.0 Å². The van der Waals surface area contributed by atoms with Gasteiger partial charge < -0.3 is 10.4 Å². The Hall–Kier alpha value is -2.12. The molecule has 0 aliphatic rings. The predicted molar refractivity (Wildman–Crippen MR) is 76.8 cm³/mol. The number of phenolic OH excluding ortho intramolecular Hbond substituents is 1. The third kappa shape index (κ3) is 2.73. The number of benzene rings is 1. The molecule has 6 nitrogen and oxygen atoms in total. The molecule has 104 valence electrons. The summed E-state index contributed by atoms with van der Waals surface area (Å²) in [6.07, 6.45) is 0. The maximum Gasteiger partial charge on any atom is 0.271 e. The molecule has 1 aromatic carbocycles. The number of nitrogens with one attached hydrogen (secondary N) is 1. The second-order valence-electron chi connectivity index (χ2n) is 3.97. The van der Waals surface area contributed by atoms with Crippen molar-refractivity contribution >= 4 is 40.2 Å². The van der Waals surface area contributed by atoms with Gasteiger partial charge in [0, 0.05) is 12.1 Å². The first-order valence-corrected chi connectivity index (χ1v) is 6.68. The number of aryl methyl sites for hydroxylation is 1. The number of halogens is 1. The molecule has 0 unspecified atom stereocenters. The molecule has 1 aromatic heterocycles. The molecule has 0 spiro atoms. The van der Waals surface area contributed by atoms with E-state index in [0.29, 0.717) is 5.02 Å². The Morgan fingerprint density at radius 3 is 2.75 bits per heavy atom. The van der Waals surface area contributed by atoms with Gasteiger partial charge in [-0.05, 0) is 23.9 Å². The van der Waals surface area contributed by atoms with Crippen LogP contribution in [0.3, 0.4) is 0 Å². The van der Waals surface area contributed by atoms with E-state index in [1.165, 1.54) is 0 Å². The van der Waals surface area contributed by atoms with Gasteiger partial charge in [-0.3, -0.25) is 14.9 Å². The number of hydrogen-bond donors (Lipinski definition) is 2. The van der Waals surface area contributed by atoms with Crippen LogP contribution in [0.1, 0.15) is 15.2 Å². The number of nitrogens with zero attached hydrogens (tertiary/aromatic N) is 1. The molecule has 0 aliphatic heterocycles. The first-order valence-electron chi connectivity index (χ1n) is 5.42. The third-order valence-electron chi connectivity index (χ3n) is 2.54. The summed E-state index contributed by atoms with van der Waals surface area (Å²) >= 11 is 7.13. The molecule has 0 saturated heterocycles. The second kappa shape index (κ2) is 5.48. The molecular weight excluding hydrogens is 304 g/mol. The summed E-state index contributed by atoms with van der Waals surface area (Å²) in [4.78, 5) is 22.4. The molecular formula is C12H9ClN2O4S. The Morgan fingerprint density at radius 1 is 1.50 bits per heavy atom. The smallest absolute Gasteiger partial charge is 0.271 e. The first-order chi connectivity index (χ1) is 9.40. The summed E-state index contributed by atoms with van der Waals surface area (Å²) < 4.78 is 0. The van der Waals surface area contributed by atoms with E-state index in [9.17, 15) is 20.0 Å². The van der Waals surface area contributed by atoms with Crippen LogP contribution in [0.5, 0.6) is 5.75 Å². The van der Waals surface area contributed by atoms with E-state index in [2.05, 4.69) is 5.32 Å². The number of rotatable bonds is 3. The van der Waals surface area contributed by atoms with Gasteiger partial charge >= 0.3 is 0 Å². The van der Waals surface area contributed by atoms with Crippen molar-refractivity contribution in [3.05, 3.63) is 49.2 Å². The van der Waals surface area contributed by atoms with E-state index in [4.69, 9.17) is 11.6 Å². The summed E-state index contributed by atoms with van der Waals surface area (Å²) in [6, 6.07) is 3.38. The number of nitro benzene ring substituents is 1. The third-order valence-corrected chi connectivity index (χ3v) is 4.24.